The van der Waals surface area contributed by atoms with Crippen molar-refractivity contribution in [2.75, 3.05) is 17.1 Å². The number of fused-ring (bicyclic) bond motifs is 1. The van der Waals surface area contributed by atoms with Gasteiger partial charge >= 0.3 is 11.9 Å². The third kappa shape index (κ3) is 6.84. The van der Waals surface area contributed by atoms with Crippen molar-refractivity contribution in [3.63, 3.8) is 0 Å². The summed E-state index contributed by atoms with van der Waals surface area (Å²) in [6, 6.07) is 14.7. The van der Waals surface area contributed by atoms with Crippen LogP contribution in [0.1, 0.15) is 26.3 Å². The van der Waals surface area contributed by atoms with E-state index < -0.39 is 37.3 Å². The number of para-hydroxylation sites is 1. The number of nitrogens with one attached hydrogen (secondary N) is 2. The van der Waals surface area contributed by atoms with Crippen LogP contribution in [-0.2, 0) is 30.4 Å². The summed E-state index contributed by atoms with van der Waals surface area (Å²) in [5.74, 6) is -0.423. The van der Waals surface area contributed by atoms with Crippen molar-refractivity contribution < 1.29 is 40.4 Å². The highest BCUT2D eigenvalue weighted by atomic mass is 35.5. The number of sulfonamides is 1. The summed E-state index contributed by atoms with van der Waals surface area (Å²) in [5.41, 5.74) is -0.373. The zero-order chi connectivity index (χ0) is 29.3. The Morgan fingerprint density at radius 1 is 1.02 bits per heavy atom. The lowest BCUT2D eigenvalue weighted by atomic mass is 10.2. The Labute approximate surface area is 236 Å². The number of pyridine rings is 1. The number of ether oxygens (including phenoxy) is 1. The average molecular weight is 609 g/mol. The molecule has 0 aliphatic carbocycles. The van der Waals surface area contributed by atoms with Gasteiger partial charge in [-0.05, 0) is 61.4 Å². The summed E-state index contributed by atoms with van der Waals surface area (Å²) in [6.07, 6.45) is 0.656. The number of amides is 1. The molecular weight excluding hydrogens is 582 g/mol. The molecule has 2 aromatic heterocycles. The maximum absolute atomic E-state index is 13.5. The SMILES string of the molecule is CO[n+]1ccc(CS(=O)(=O)c2ccc(Cl)cc2NS(=O)(=O)c2cc3ccccc3o2)cc1NC(=O)OC(C)(C)C. The fraction of sp³-hybridized carbons (Fsp3) is 0.231. The smallest absolute Gasteiger partial charge is 0.443 e. The van der Waals surface area contributed by atoms with Crippen molar-refractivity contribution in [3.05, 3.63) is 77.4 Å². The number of halogens is 1. The van der Waals surface area contributed by atoms with E-state index in [2.05, 4.69) is 10.0 Å². The van der Waals surface area contributed by atoms with Gasteiger partial charge in [0.15, 0.2) is 9.84 Å². The molecule has 0 bridgehead atoms. The van der Waals surface area contributed by atoms with Crippen LogP contribution in [-0.4, -0.2) is 35.6 Å². The second-order valence-electron chi connectivity index (χ2n) is 9.66. The minimum atomic E-state index is -4.31. The molecule has 0 radical (unpaired) electrons. The number of carbonyl (C=O) groups is 1. The van der Waals surface area contributed by atoms with E-state index in [0.29, 0.717) is 11.0 Å². The Hall–Kier alpha value is -3.81. The summed E-state index contributed by atoms with van der Waals surface area (Å²) in [4.78, 5) is 17.2. The largest absolute Gasteiger partial charge is 0.505 e. The van der Waals surface area contributed by atoms with Gasteiger partial charge in [0.05, 0.1) is 16.3 Å². The van der Waals surface area contributed by atoms with Gasteiger partial charge in [-0.1, -0.05) is 29.8 Å². The van der Waals surface area contributed by atoms with E-state index in [1.807, 2.05) is 0 Å². The normalized spacial score (nSPS) is 12.2. The van der Waals surface area contributed by atoms with Crippen LogP contribution >= 0.6 is 11.6 Å². The lowest BCUT2D eigenvalue weighted by molar-refractivity contribution is -0.874. The molecule has 0 fully saturated rings. The lowest BCUT2D eigenvalue weighted by Crippen LogP contribution is -2.44. The minimum Gasteiger partial charge on any atom is -0.443 e. The van der Waals surface area contributed by atoms with E-state index in [0.717, 1.165) is 0 Å². The number of furan rings is 1. The summed E-state index contributed by atoms with van der Waals surface area (Å²) in [5, 5.41) is 2.82. The van der Waals surface area contributed by atoms with Crippen molar-refractivity contribution in [3.8, 4) is 0 Å². The minimum absolute atomic E-state index is 0.117. The van der Waals surface area contributed by atoms with Crippen LogP contribution in [0.3, 0.4) is 0 Å². The number of carbonyl (C=O) groups excluding carboxylic acids is 1. The Morgan fingerprint density at radius 2 is 1.75 bits per heavy atom. The molecule has 4 rings (SSSR count). The van der Waals surface area contributed by atoms with Crippen LogP contribution in [0.4, 0.5) is 16.3 Å². The Bertz CT molecular complexity index is 1760. The molecule has 0 saturated carbocycles. The van der Waals surface area contributed by atoms with Crippen LogP contribution in [0, 0.1) is 0 Å². The molecule has 0 unspecified atom stereocenters. The molecule has 2 heterocycles. The van der Waals surface area contributed by atoms with E-state index in [9.17, 15) is 21.6 Å². The lowest BCUT2D eigenvalue weighted by Gasteiger charge is -2.17. The van der Waals surface area contributed by atoms with Gasteiger partial charge in [0.2, 0.25) is 5.09 Å². The zero-order valence-corrected chi connectivity index (χ0v) is 24.4. The number of sulfone groups is 1. The zero-order valence-electron chi connectivity index (χ0n) is 22.0. The van der Waals surface area contributed by atoms with Crippen LogP contribution in [0.5, 0.6) is 0 Å². The van der Waals surface area contributed by atoms with E-state index in [1.165, 1.54) is 54.4 Å². The van der Waals surface area contributed by atoms with Crippen LogP contribution < -0.4 is 19.6 Å². The van der Waals surface area contributed by atoms with Crippen molar-refractivity contribution in [2.24, 2.45) is 0 Å². The van der Waals surface area contributed by atoms with Crippen molar-refractivity contribution in [2.45, 2.75) is 42.1 Å². The average Bonchev–Trinajstić information content (AvgIpc) is 3.28. The van der Waals surface area contributed by atoms with Gasteiger partial charge in [0.1, 0.15) is 24.5 Å². The molecule has 2 N–H and O–H groups in total. The predicted molar refractivity (Wildman–Crippen MR) is 148 cm³/mol. The summed E-state index contributed by atoms with van der Waals surface area (Å²) in [7, 11) is -7.09. The maximum Gasteiger partial charge on any atom is 0.505 e. The summed E-state index contributed by atoms with van der Waals surface area (Å²) in [6.45, 7) is 5.10. The molecule has 14 heteroatoms. The van der Waals surface area contributed by atoms with Crippen LogP contribution in [0.25, 0.3) is 11.0 Å². The van der Waals surface area contributed by atoms with Gasteiger partial charge in [-0.2, -0.15) is 18.5 Å². The second-order valence-corrected chi connectivity index (χ2v) is 13.7. The molecule has 0 spiro atoms. The molecular formula is C26H27ClN3O8S2+. The Kier molecular flexibility index (Phi) is 8.01. The van der Waals surface area contributed by atoms with Crippen LogP contribution in [0.15, 0.2) is 81.3 Å². The monoisotopic (exact) mass is 608 g/mol. The molecule has 2 aromatic carbocycles. The van der Waals surface area contributed by atoms with Gasteiger partial charge < -0.3 is 14.0 Å². The van der Waals surface area contributed by atoms with E-state index in [-0.39, 0.29) is 32.1 Å². The van der Waals surface area contributed by atoms with Gasteiger partial charge in [0, 0.05) is 22.5 Å². The quantitative estimate of drug-likeness (QED) is 0.277. The van der Waals surface area contributed by atoms with E-state index in [4.69, 9.17) is 25.6 Å². The summed E-state index contributed by atoms with van der Waals surface area (Å²) < 4.78 is 67.5. The Morgan fingerprint density at radius 3 is 2.42 bits per heavy atom. The number of hydrogen-bond acceptors (Lipinski definition) is 8. The summed E-state index contributed by atoms with van der Waals surface area (Å²) >= 11 is 6.09. The molecule has 1 amide bonds. The number of benzene rings is 2. The fourth-order valence-electron chi connectivity index (χ4n) is 3.71. The Balaban J connectivity index is 1.64. The van der Waals surface area contributed by atoms with Gasteiger partial charge in [-0.15, -0.1) is 0 Å². The number of hydrogen-bond donors (Lipinski definition) is 2. The third-order valence-electron chi connectivity index (χ3n) is 5.35. The van der Waals surface area contributed by atoms with E-state index in [1.54, 1.807) is 45.0 Å². The highest BCUT2D eigenvalue weighted by Crippen LogP contribution is 2.31. The standard InChI is InChI=1S/C26H26ClN3O8S2/c1-26(2,3)38-25(31)28-23-13-17(11-12-30(23)36-4)16-39(32,33)22-10-9-19(27)15-20(22)29-40(34,35)24-14-18-7-5-6-8-21(18)37-24/h5-15,29H,16H2,1-4H3/p+1. The first-order valence-electron chi connectivity index (χ1n) is 11.8. The maximum atomic E-state index is 13.5. The number of anilines is 2. The molecule has 212 valence electrons. The second kappa shape index (κ2) is 11.0. The first-order valence-corrected chi connectivity index (χ1v) is 15.3. The highest BCUT2D eigenvalue weighted by Gasteiger charge is 2.28. The number of nitrogens with zero attached hydrogens (tertiary/aromatic N) is 1. The molecule has 11 nitrogen and oxygen atoms in total. The third-order valence-corrected chi connectivity index (χ3v) is 8.55. The molecule has 0 atom stereocenters. The topological polar surface area (TPSA) is 145 Å². The van der Waals surface area contributed by atoms with Gasteiger partial charge in [0.25, 0.3) is 10.0 Å². The van der Waals surface area contributed by atoms with Crippen molar-refractivity contribution >= 4 is 60.0 Å². The first-order chi connectivity index (χ1) is 18.7. The highest BCUT2D eigenvalue weighted by molar-refractivity contribution is 7.93. The molecule has 0 aliphatic rings. The molecule has 0 aliphatic heterocycles. The first kappa shape index (κ1) is 29.2. The van der Waals surface area contributed by atoms with Gasteiger partial charge in [-0.3, -0.25) is 4.72 Å². The van der Waals surface area contributed by atoms with Gasteiger partial charge in [-0.25, -0.2) is 8.42 Å². The van der Waals surface area contributed by atoms with Crippen LogP contribution in [0.2, 0.25) is 5.02 Å². The number of aromatic nitrogens is 1. The molecule has 0 saturated heterocycles. The van der Waals surface area contributed by atoms with Crippen molar-refractivity contribution in [1.82, 2.24) is 0 Å². The predicted octanol–water partition coefficient (Wildman–Crippen LogP) is 4.55. The fourth-order valence-corrected chi connectivity index (χ4v) is 6.49. The van der Waals surface area contributed by atoms with E-state index >= 15 is 0 Å². The molecule has 4 aromatic rings. The molecule has 40 heavy (non-hydrogen) atoms. The number of rotatable bonds is 8. The van der Waals surface area contributed by atoms with Crippen molar-refractivity contribution in [1.29, 1.82) is 0 Å².